The van der Waals surface area contributed by atoms with Crippen LogP contribution in [0.15, 0.2) is 35.3 Å². The second-order valence-corrected chi connectivity index (χ2v) is 6.84. The summed E-state index contributed by atoms with van der Waals surface area (Å²) in [6, 6.07) is 9.57. The summed E-state index contributed by atoms with van der Waals surface area (Å²) in [6.07, 6.45) is 0. The first-order chi connectivity index (χ1) is 12.9. The van der Waals surface area contributed by atoms with E-state index in [1.807, 2.05) is 44.2 Å². The van der Waals surface area contributed by atoms with Gasteiger partial charge >= 0.3 is 0 Å². The third-order valence-electron chi connectivity index (χ3n) is 4.41. The lowest BCUT2D eigenvalue weighted by molar-refractivity contribution is 0.279. The number of ether oxygens (including phenoxy) is 5. The van der Waals surface area contributed by atoms with E-state index in [4.69, 9.17) is 28.7 Å². The van der Waals surface area contributed by atoms with Gasteiger partial charge in [-0.25, -0.2) is 4.99 Å². The van der Waals surface area contributed by atoms with Gasteiger partial charge in [0.2, 0.25) is 5.90 Å². The van der Waals surface area contributed by atoms with Gasteiger partial charge in [-0.15, -0.1) is 0 Å². The van der Waals surface area contributed by atoms with Gasteiger partial charge in [0, 0.05) is 5.56 Å². The molecule has 6 nitrogen and oxygen atoms in total. The summed E-state index contributed by atoms with van der Waals surface area (Å²) in [4.78, 5) is 4.73. The molecule has 2 aromatic rings. The SMILES string of the molecule is COc1ccc(-c2cc(OC)c(OC)cc2C2=NC(C)(C)CO2)cc1OC. The molecular formula is C21H25NO5. The van der Waals surface area contributed by atoms with Gasteiger partial charge in [-0.2, -0.15) is 0 Å². The first-order valence-corrected chi connectivity index (χ1v) is 8.64. The van der Waals surface area contributed by atoms with Crippen molar-refractivity contribution in [3.63, 3.8) is 0 Å². The van der Waals surface area contributed by atoms with Crippen molar-refractivity contribution in [1.82, 2.24) is 0 Å². The summed E-state index contributed by atoms with van der Waals surface area (Å²) < 4.78 is 27.7. The molecule has 0 saturated carbocycles. The van der Waals surface area contributed by atoms with Crippen LogP contribution >= 0.6 is 0 Å². The van der Waals surface area contributed by atoms with Gasteiger partial charge in [0.05, 0.1) is 34.0 Å². The first-order valence-electron chi connectivity index (χ1n) is 8.64. The number of benzene rings is 2. The van der Waals surface area contributed by atoms with Crippen molar-refractivity contribution in [2.24, 2.45) is 4.99 Å². The van der Waals surface area contributed by atoms with Crippen LogP contribution in [-0.2, 0) is 4.74 Å². The van der Waals surface area contributed by atoms with E-state index in [1.165, 1.54) is 0 Å². The van der Waals surface area contributed by atoms with E-state index < -0.39 is 0 Å². The zero-order valence-corrected chi connectivity index (χ0v) is 16.6. The van der Waals surface area contributed by atoms with E-state index >= 15 is 0 Å². The van der Waals surface area contributed by atoms with Crippen molar-refractivity contribution in [1.29, 1.82) is 0 Å². The molecule has 6 heteroatoms. The Bertz CT molecular complexity index is 873. The van der Waals surface area contributed by atoms with Crippen LogP contribution in [-0.4, -0.2) is 46.5 Å². The summed E-state index contributed by atoms with van der Waals surface area (Å²) in [7, 11) is 6.45. The molecule has 0 fully saturated rings. The monoisotopic (exact) mass is 371 g/mol. The maximum Gasteiger partial charge on any atom is 0.217 e. The quantitative estimate of drug-likeness (QED) is 0.770. The highest BCUT2D eigenvalue weighted by atomic mass is 16.5. The molecule has 1 heterocycles. The molecule has 0 spiro atoms. The lowest BCUT2D eigenvalue weighted by atomic mass is 9.98. The number of aliphatic imine (C=N–C) groups is 1. The molecule has 1 aliphatic rings. The minimum absolute atomic E-state index is 0.267. The van der Waals surface area contributed by atoms with Crippen LogP contribution in [0.2, 0.25) is 0 Å². The molecule has 0 radical (unpaired) electrons. The standard InChI is InChI=1S/C21H25NO5/c1-21(2)12-27-20(22-21)15-11-19(26-6)18(25-5)10-14(15)13-7-8-16(23-3)17(9-13)24-4/h7-11H,12H2,1-6H3. The Kier molecular flexibility index (Phi) is 5.17. The van der Waals surface area contributed by atoms with E-state index in [2.05, 4.69) is 0 Å². The zero-order chi connectivity index (χ0) is 19.6. The summed E-state index contributed by atoms with van der Waals surface area (Å²) in [5.41, 5.74) is 2.41. The van der Waals surface area contributed by atoms with Crippen LogP contribution in [0.25, 0.3) is 11.1 Å². The van der Waals surface area contributed by atoms with Crippen LogP contribution in [0, 0.1) is 0 Å². The molecule has 3 rings (SSSR count). The fourth-order valence-electron chi connectivity index (χ4n) is 3.02. The fourth-order valence-corrected chi connectivity index (χ4v) is 3.02. The lowest BCUT2D eigenvalue weighted by Crippen LogP contribution is -2.17. The summed E-state index contributed by atoms with van der Waals surface area (Å²) in [5.74, 6) is 3.14. The first kappa shape index (κ1) is 18.9. The molecule has 0 saturated heterocycles. The van der Waals surface area contributed by atoms with Crippen molar-refractivity contribution >= 4 is 5.90 Å². The number of rotatable bonds is 6. The van der Waals surface area contributed by atoms with Crippen molar-refractivity contribution in [3.05, 3.63) is 35.9 Å². The van der Waals surface area contributed by atoms with Gasteiger partial charge in [-0.3, -0.25) is 0 Å². The predicted molar refractivity (Wildman–Crippen MR) is 105 cm³/mol. The van der Waals surface area contributed by atoms with E-state index in [0.717, 1.165) is 16.7 Å². The Morgan fingerprint density at radius 2 is 1.33 bits per heavy atom. The molecule has 0 unspecified atom stereocenters. The van der Waals surface area contributed by atoms with Gasteiger partial charge in [-0.1, -0.05) is 6.07 Å². The molecular weight excluding hydrogens is 346 g/mol. The third-order valence-corrected chi connectivity index (χ3v) is 4.41. The van der Waals surface area contributed by atoms with Gasteiger partial charge in [0.25, 0.3) is 0 Å². The highest BCUT2D eigenvalue weighted by Gasteiger charge is 2.29. The molecule has 0 amide bonds. The number of hydrogen-bond acceptors (Lipinski definition) is 6. The average molecular weight is 371 g/mol. The van der Waals surface area contributed by atoms with Crippen molar-refractivity contribution in [3.8, 4) is 34.1 Å². The molecule has 0 atom stereocenters. The van der Waals surface area contributed by atoms with Gasteiger partial charge in [0.15, 0.2) is 23.0 Å². The number of hydrogen-bond donors (Lipinski definition) is 0. The topological polar surface area (TPSA) is 58.5 Å². The van der Waals surface area contributed by atoms with Gasteiger partial charge in [-0.05, 0) is 49.2 Å². The second-order valence-electron chi connectivity index (χ2n) is 6.84. The average Bonchev–Trinajstić information content (AvgIpc) is 3.05. The van der Waals surface area contributed by atoms with E-state index in [0.29, 0.717) is 35.5 Å². The Morgan fingerprint density at radius 1 is 0.778 bits per heavy atom. The number of nitrogens with zero attached hydrogens (tertiary/aromatic N) is 1. The van der Waals surface area contributed by atoms with Gasteiger partial charge < -0.3 is 23.7 Å². The number of methoxy groups -OCH3 is 4. The maximum atomic E-state index is 5.89. The van der Waals surface area contributed by atoms with E-state index in [-0.39, 0.29) is 5.54 Å². The van der Waals surface area contributed by atoms with Crippen molar-refractivity contribution in [2.75, 3.05) is 35.0 Å². The minimum Gasteiger partial charge on any atom is -0.493 e. The predicted octanol–water partition coefficient (Wildman–Crippen LogP) is 3.94. The summed E-state index contributed by atoms with van der Waals surface area (Å²) in [6.45, 7) is 4.61. The molecule has 1 aliphatic heterocycles. The Labute approximate surface area is 159 Å². The fraction of sp³-hybridized carbons (Fsp3) is 0.381. The maximum absolute atomic E-state index is 5.89. The van der Waals surface area contributed by atoms with E-state index in [9.17, 15) is 0 Å². The molecule has 0 N–H and O–H groups in total. The summed E-state index contributed by atoms with van der Waals surface area (Å²) >= 11 is 0. The Hall–Kier alpha value is -2.89. The molecule has 0 bridgehead atoms. The van der Waals surface area contributed by atoms with Crippen LogP contribution in [0.3, 0.4) is 0 Å². The van der Waals surface area contributed by atoms with Gasteiger partial charge in [0.1, 0.15) is 6.61 Å². The largest absolute Gasteiger partial charge is 0.493 e. The molecule has 27 heavy (non-hydrogen) atoms. The lowest BCUT2D eigenvalue weighted by Gasteiger charge is -2.16. The zero-order valence-electron chi connectivity index (χ0n) is 16.6. The highest BCUT2D eigenvalue weighted by molar-refractivity contribution is 6.03. The van der Waals surface area contributed by atoms with Crippen LogP contribution in [0.4, 0.5) is 0 Å². The normalized spacial score (nSPS) is 15.0. The summed E-state index contributed by atoms with van der Waals surface area (Å²) in [5, 5.41) is 0. The minimum atomic E-state index is -0.267. The molecule has 0 aromatic heterocycles. The second kappa shape index (κ2) is 7.39. The van der Waals surface area contributed by atoms with Crippen LogP contribution in [0.5, 0.6) is 23.0 Å². The van der Waals surface area contributed by atoms with Crippen molar-refractivity contribution < 1.29 is 23.7 Å². The van der Waals surface area contributed by atoms with Crippen molar-refractivity contribution in [2.45, 2.75) is 19.4 Å². The Balaban J connectivity index is 2.22. The van der Waals surface area contributed by atoms with E-state index in [1.54, 1.807) is 28.4 Å². The highest BCUT2D eigenvalue weighted by Crippen LogP contribution is 2.40. The van der Waals surface area contributed by atoms with Crippen LogP contribution in [0.1, 0.15) is 19.4 Å². The molecule has 2 aromatic carbocycles. The smallest absolute Gasteiger partial charge is 0.217 e. The molecule has 0 aliphatic carbocycles. The molecule has 144 valence electrons. The third kappa shape index (κ3) is 3.65. The van der Waals surface area contributed by atoms with Crippen LogP contribution < -0.4 is 18.9 Å². The Morgan fingerprint density at radius 3 is 1.85 bits per heavy atom.